The van der Waals surface area contributed by atoms with Gasteiger partial charge in [-0.05, 0) is 43.9 Å². The molecule has 0 aliphatic carbocycles. The number of hydrogen-bond acceptors (Lipinski definition) is 5. The number of piperidine rings is 2. The number of hydrogen-bond donors (Lipinski definition) is 4. The molecule has 5 N–H and O–H groups in total. The summed E-state index contributed by atoms with van der Waals surface area (Å²) in [5, 5.41) is 13.1. The maximum absolute atomic E-state index is 14.3. The molecule has 2 aliphatic rings. The smallest absolute Gasteiger partial charge is 0.383 e. The van der Waals surface area contributed by atoms with Gasteiger partial charge in [-0.25, -0.2) is 0 Å². The predicted molar refractivity (Wildman–Crippen MR) is 119 cm³/mol. The van der Waals surface area contributed by atoms with Gasteiger partial charge >= 0.3 is 12.4 Å². The fourth-order valence-corrected chi connectivity index (χ4v) is 4.42. The number of carbonyl (C=O) groups excluding carboxylic acids is 1. The van der Waals surface area contributed by atoms with Crippen LogP contribution < -0.4 is 16.4 Å². The Hall–Kier alpha value is -3.19. The number of nitrogens with zero attached hydrogens (tertiary/aromatic N) is 2. The predicted octanol–water partition coefficient (Wildman–Crippen LogP) is 3.89. The zero-order chi connectivity index (χ0) is 26.8. The summed E-state index contributed by atoms with van der Waals surface area (Å²) in [4.78, 5) is 16.1. The average Bonchev–Trinajstić information content (AvgIpc) is 2.82. The number of nitrogens with one attached hydrogen (secondary N) is 3. The number of alkyl halides is 6. The summed E-state index contributed by atoms with van der Waals surface area (Å²) >= 11 is 0. The van der Waals surface area contributed by atoms with Gasteiger partial charge in [-0.3, -0.25) is 10.2 Å². The molecule has 0 aromatic heterocycles. The van der Waals surface area contributed by atoms with Crippen LogP contribution in [0.2, 0.25) is 0 Å². The lowest BCUT2D eigenvalue weighted by Gasteiger charge is -2.43. The van der Waals surface area contributed by atoms with Crippen LogP contribution in [0.25, 0.3) is 0 Å². The third-order valence-corrected chi connectivity index (χ3v) is 6.27. The first-order chi connectivity index (χ1) is 16.7. The lowest BCUT2D eigenvalue weighted by Crippen LogP contribution is -2.57. The molecular weight excluding hydrogens is 497 g/mol. The van der Waals surface area contributed by atoms with Crippen molar-refractivity contribution in [2.24, 2.45) is 5.73 Å². The van der Waals surface area contributed by atoms with Gasteiger partial charge in [0.2, 0.25) is 11.7 Å². The van der Waals surface area contributed by atoms with E-state index in [2.05, 4.69) is 10.6 Å². The number of nitrogens with two attached hydrogens (primary N) is 1. The molecule has 0 bridgehead atoms. The second-order valence-electron chi connectivity index (χ2n) is 8.73. The average molecular weight is 524 g/mol. The lowest BCUT2D eigenvalue weighted by atomic mass is 9.97. The molecule has 1 amide bonds. The van der Waals surface area contributed by atoms with E-state index in [0.29, 0.717) is 44.5 Å². The highest BCUT2D eigenvalue weighted by Gasteiger charge is 2.39. The molecule has 1 aromatic carbocycles. The number of likely N-dealkylation sites (tertiary alicyclic amines) is 2. The zero-order valence-electron chi connectivity index (χ0n) is 19.4. The molecular formula is C22H27F7N6O. The highest BCUT2D eigenvalue weighted by Crippen LogP contribution is 2.38. The quantitative estimate of drug-likeness (QED) is 0.266. The van der Waals surface area contributed by atoms with Crippen molar-refractivity contribution < 1.29 is 35.5 Å². The van der Waals surface area contributed by atoms with Crippen LogP contribution in [0.3, 0.4) is 0 Å². The highest BCUT2D eigenvalue weighted by atomic mass is 19.4. The fourth-order valence-electron chi connectivity index (χ4n) is 4.42. The number of halogens is 7. The summed E-state index contributed by atoms with van der Waals surface area (Å²) < 4.78 is 93.5. The van der Waals surface area contributed by atoms with Gasteiger partial charge in [-0.15, -0.1) is 0 Å². The molecule has 0 saturated carbocycles. The van der Waals surface area contributed by atoms with E-state index < -0.39 is 58.8 Å². The number of amides is 1. The minimum Gasteiger partial charge on any atom is -0.383 e. The normalized spacial score (nSPS) is 22.3. The highest BCUT2D eigenvalue weighted by molar-refractivity contribution is 5.94. The minimum atomic E-state index is -5.00. The monoisotopic (exact) mass is 524 g/mol. The molecule has 200 valence electrons. The molecule has 1 aromatic rings. The van der Waals surface area contributed by atoms with Crippen molar-refractivity contribution in [1.29, 1.82) is 5.41 Å². The van der Waals surface area contributed by atoms with E-state index in [0.717, 1.165) is 0 Å². The van der Waals surface area contributed by atoms with E-state index in [9.17, 15) is 35.5 Å². The largest absolute Gasteiger partial charge is 0.416 e. The Kier molecular flexibility index (Phi) is 7.94. The van der Waals surface area contributed by atoms with Crippen molar-refractivity contribution in [2.45, 2.75) is 50.1 Å². The molecule has 0 radical (unpaired) electrons. The first-order valence-corrected chi connectivity index (χ1v) is 11.3. The third kappa shape index (κ3) is 6.13. The van der Waals surface area contributed by atoms with Crippen LogP contribution in [-0.2, 0) is 17.1 Å². The van der Waals surface area contributed by atoms with E-state index >= 15 is 0 Å². The molecule has 36 heavy (non-hydrogen) atoms. The van der Waals surface area contributed by atoms with E-state index in [-0.39, 0.29) is 24.9 Å². The molecule has 7 nitrogen and oxygen atoms in total. The molecule has 2 atom stereocenters. The molecule has 3 rings (SSSR count). The van der Waals surface area contributed by atoms with Crippen LogP contribution >= 0.6 is 0 Å². The van der Waals surface area contributed by atoms with Gasteiger partial charge < -0.3 is 26.2 Å². The summed E-state index contributed by atoms with van der Waals surface area (Å²) in [6, 6.07) is -0.319. The Morgan fingerprint density at radius 2 is 1.61 bits per heavy atom. The topological polar surface area (TPSA) is 97.5 Å². The van der Waals surface area contributed by atoms with E-state index in [1.807, 2.05) is 0 Å². The Morgan fingerprint density at radius 1 is 1.03 bits per heavy atom. The lowest BCUT2D eigenvalue weighted by molar-refractivity contribution is -0.143. The summed E-state index contributed by atoms with van der Waals surface area (Å²) in [7, 11) is 1.41. The Morgan fingerprint density at radius 3 is 2.17 bits per heavy atom. The van der Waals surface area contributed by atoms with Crippen molar-refractivity contribution in [1.82, 2.24) is 15.1 Å². The number of carbonyl (C=O) groups is 1. The van der Waals surface area contributed by atoms with Crippen LogP contribution in [0.5, 0.6) is 0 Å². The molecule has 0 spiro atoms. The Balaban J connectivity index is 1.78. The number of rotatable bonds is 5. The van der Waals surface area contributed by atoms with Gasteiger partial charge in [-0.2, -0.15) is 30.7 Å². The minimum absolute atomic E-state index is 0.0279. The van der Waals surface area contributed by atoms with Crippen LogP contribution in [-0.4, -0.2) is 60.3 Å². The molecule has 2 saturated heterocycles. The second-order valence-corrected chi connectivity index (χ2v) is 8.73. The van der Waals surface area contributed by atoms with E-state index in [1.165, 1.54) is 16.8 Å². The van der Waals surface area contributed by atoms with Crippen molar-refractivity contribution in [3.05, 3.63) is 41.0 Å². The van der Waals surface area contributed by atoms with Crippen LogP contribution in [0.4, 0.5) is 36.4 Å². The third-order valence-electron chi connectivity index (χ3n) is 6.27. The van der Waals surface area contributed by atoms with Crippen LogP contribution in [0.1, 0.15) is 36.8 Å². The summed E-state index contributed by atoms with van der Waals surface area (Å²) in [5.74, 6) is -2.15. The van der Waals surface area contributed by atoms with Crippen molar-refractivity contribution >= 4 is 17.4 Å². The number of anilines is 1. The Labute approximate surface area is 203 Å². The molecule has 2 heterocycles. The zero-order valence-corrected chi connectivity index (χ0v) is 19.4. The van der Waals surface area contributed by atoms with Gasteiger partial charge in [-0.1, -0.05) is 0 Å². The van der Waals surface area contributed by atoms with Gasteiger partial charge in [0.15, 0.2) is 5.84 Å². The first-order valence-electron chi connectivity index (χ1n) is 11.3. The summed E-state index contributed by atoms with van der Waals surface area (Å²) in [6.45, 7) is 0.841. The number of benzene rings is 1. The van der Waals surface area contributed by atoms with Crippen LogP contribution in [0, 0.1) is 5.41 Å². The maximum atomic E-state index is 14.3. The van der Waals surface area contributed by atoms with E-state index in [4.69, 9.17) is 11.1 Å². The number of amidine groups is 1. The standard InChI is InChI=1S/C22H27F7N6O/c1-32-18(30)17(23)19(31)34-6-2-4-15(11-34)35-7-3-5-16(20(35)36)33-14-9-12(21(24,25)26)8-13(10-14)22(27,28)29/h8-10,15-16,31-33H,2-7,11,30H2,1H3/b18-17+,31-19?/t15-,16?/m1/s1. The molecule has 1 unspecified atom stereocenters. The summed E-state index contributed by atoms with van der Waals surface area (Å²) in [5.41, 5.74) is 2.09. The Bertz CT molecular complexity index is 991. The van der Waals surface area contributed by atoms with Crippen molar-refractivity contribution in [2.75, 3.05) is 32.0 Å². The van der Waals surface area contributed by atoms with Crippen molar-refractivity contribution in [3.8, 4) is 0 Å². The van der Waals surface area contributed by atoms with Gasteiger partial charge in [0.1, 0.15) is 11.9 Å². The molecule has 2 fully saturated rings. The van der Waals surface area contributed by atoms with Gasteiger partial charge in [0.25, 0.3) is 0 Å². The van der Waals surface area contributed by atoms with Crippen molar-refractivity contribution in [3.63, 3.8) is 0 Å². The second kappa shape index (κ2) is 10.4. The van der Waals surface area contributed by atoms with Gasteiger partial charge in [0, 0.05) is 38.4 Å². The summed E-state index contributed by atoms with van der Waals surface area (Å²) in [6.07, 6.45) is -8.23. The van der Waals surface area contributed by atoms with Gasteiger partial charge in [0.05, 0.1) is 11.1 Å². The SMILES string of the molecule is CN/C(N)=C(/F)C(=N)N1CCC[C@@H](N2CCCC(Nc3cc(C(F)(F)F)cc(C(F)(F)F)c3)C2=O)C1. The fraction of sp³-hybridized carbons (Fsp3) is 0.545. The maximum Gasteiger partial charge on any atom is 0.416 e. The first kappa shape index (κ1) is 27.4. The molecule has 2 aliphatic heterocycles. The van der Waals surface area contributed by atoms with E-state index in [1.54, 1.807) is 0 Å². The molecule has 14 heteroatoms. The van der Waals surface area contributed by atoms with Crippen LogP contribution in [0.15, 0.2) is 29.8 Å².